The van der Waals surface area contributed by atoms with Crippen LogP contribution in [0.25, 0.3) is 0 Å². The molecule has 0 aliphatic heterocycles. The first kappa shape index (κ1) is 12.2. The topological polar surface area (TPSA) is 90.7 Å². The van der Waals surface area contributed by atoms with Crippen LogP contribution in [0.1, 0.15) is 6.42 Å². The van der Waals surface area contributed by atoms with E-state index in [1.807, 2.05) is 0 Å². The summed E-state index contributed by atoms with van der Waals surface area (Å²) in [6.07, 6.45) is 8.29. The van der Waals surface area contributed by atoms with Gasteiger partial charge in [-0.05, 0) is 0 Å². The lowest BCUT2D eigenvalue weighted by Crippen LogP contribution is -2.20. The van der Waals surface area contributed by atoms with Gasteiger partial charge in [-0.15, -0.1) is 6.42 Å². The van der Waals surface area contributed by atoms with Gasteiger partial charge < -0.3 is 16.2 Å². The summed E-state index contributed by atoms with van der Waals surface area (Å²) in [6, 6.07) is -0.214. The van der Waals surface area contributed by atoms with Crippen molar-refractivity contribution in [3.63, 3.8) is 0 Å². The number of nitrogens with zero attached hydrogens (tertiary/aromatic N) is 1. The van der Waals surface area contributed by atoms with E-state index >= 15 is 0 Å². The van der Waals surface area contributed by atoms with Gasteiger partial charge in [0.05, 0.1) is 6.42 Å². The Morgan fingerprint density at radius 1 is 1.57 bits per heavy atom. The molecule has 0 radical (unpaired) electrons. The van der Waals surface area contributed by atoms with E-state index in [1.54, 1.807) is 12.2 Å². The molecule has 0 aromatic rings. The number of carbonyl (C=O) groups excluding carboxylic acids is 1. The van der Waals surface area contributed by atoms with E-state index in [0.29, 0.717) is 6.54 Å². The average molecular weight is 195 g/mol. The summed E-state index contributed by atoms with van der Waals surface area (Å²) in [5, 5.41) is 0. The fourth-order valence-electron chi connectivity index (χ4n) is 0.590. The predicted molar refractivity (Wildman–Crippen MR) is 54.2 cm³/mol. The van der Waals surface area contributed by atoms with Crippen LogP contribution in [0.5, 0.6) is 0 Å². The highest BCUT2D eigenvalue weighted by Gasteiger charge is 2.01. The molecule has 76 valence electrons. The zero-order chi connectivity index (χ0) is 10.8. The molecule has 0 heterocycles. The van der Waals surface area contributed by atoms with Gasteiger partial charge in [-0.2, -0.15) is 0 Å². The Kier molecular flexibility index (Phi) is 6.82. The second-order valence-corrected chi connectivity index (χ2v) is 2.24. The molecule has 0 unspecified atom stereocenters. The van der Waals surface area contributed by atoms with Gasteiger partial charge in [0.2, 0.25) is 0 Å². The minimum absolute atomic E-state index is 0.0950. The van der Waals surface area contributed by atoms with E-state index in [9.17, 15) is 4.79 Å². The number of esters is 1. The molecule has 0 rings (SSSR count). The molecule has 5 heteroatoms. The number of carbonyl (C=O) groups is 1. The van der Waals surface area contributed by atoms with Gasteiger partial charge in [0.15, 0.2) is 0 Å². The van der Waals surface area contributed by atoms with Gasteiger partial charge in [-0.25, -0.2) is 4.99 Å². The molecule has 0 aliphatic carbocycles. The van der Waals surface area contributed by atoms with Crippen molar-refractivity contribution >= 4 is 12.0 Å². The summed E-state index contributed by atoms with van der Waals surface area (Å²) in [7, 11) is 0. The molecule has 0 aromatic heterocycles. The van der Waals surface area contributed by atoms with Gasteiger partial charge in [-0.3, -0.25) is 4.79 Å². The van der Waals surface area contributed by atoms with Gasteiger partial charge >= 0.3 is 5.97 Å². The Morgan fingerprint density at radius 2 is 2.29 bits per heavy atom. The minimum atomic E-state index is -0.493. The van der Waals surface area contributed by atoms with Crippen molar-refractivity contribution in [1.82, 2.24) is 0 Å². The van der Waals surface area contributed by atoms with Crippen LogP contribution < -0.4 is 11.5 Å². The molecule has 0 saturated carbocycles. The van der Waals surface area contributed by atoms with Crippen LogP contribution in [-0.4, -0.2) is 25.1 Å². The second kappa shape index (κ2) is 7.83. The molecule has 0 fully saturated rings. The van der Waals surface area contributed by atoms with E-state index in [0.717, 1.165) is 0 Å². The fraction of sp³-hybridized carbons (Fsp3) is 0.333. The van der Waals surface area contributed by atoms with Crippen molar-refractivity contribution in [1.29, 1.82) is 0 Å². The zero-order valence-corrected chi connectivity index (χ0v) is 7.77. The van der Waals surface area contributed by atoms with E-state index in [-0.39, 0.29) is 19.0 Å². The highest BCUT2D eigenvalue weighted by atomic mass is 16.5. The molecular weight excluding hydrogens is 182 g/mol. The first-order valence-electron chi connectivity index (χ1n) is 3.99. The van der Waals surface area contributed by atoms with Crippen LogP contribution in [0.3, 0.4) is 0 Å². The fourth-order valence-corrected chi connectivity index (χ4v) is 0.590. The second-order valence-electron chi connectivity index (χ2n) is 2.24. The van der Waals surface area contributed by atoms with Crippen molar-refractivity contribution in [2.24, 2.45) is 16.5 Å². The van der Waals surface area contributed by atoms with E-state index in [2.05, 4.69) is 15.6 Å². The molecular formula is C9H13N3O2. The number of rotatable bonds is 4. The van der Waals surface area contributed by atoms with Gasteiger partial charge in [0.1, 0.15) is 6.54 Å². The molecule has 0 aromatic carbocycles. The van der Waals surface area contributed by atoms with Crippen LogP contribution >= 0.6 is 0 Å². The third-order valence-electron chi connectivity index (χ3n) is 1.13. The lowest BCUT2D eigenvalue weighted by atomic mass is 10.4. The molecule has 5 nitrogen and oxygen atoms in total. The minimum Gasteiger partial charge on any atom is -0.393 e. The van der Waals surface area contributed by atoms with Crippen molar-refractivity contribution in [3.8, 4) is 12.3 Å². The largest absolute Gasteiger partial charge is 0.393 e. The highest BCUT2D eigenvalue weighted by molar-refractivity contribution is 5.87. The maximum absolute atomic E-state index is 11.0. The third kappa shape index (κ3) is 6.88. The molecule has 0 bridgehead atoms. The Labute approximate surface area is 82.8 Å². The van der Waals surface area contributed by atoms with Crippen molar-refractivity contribution in [3.05, 3.63) is 12.2 Å². The van der Waals surface area contributed by atoms with Crippen LogP contribution in [0.15, 0.2) is 17.1 Å². The molecule has 0 aliphatic rings. The molecule has 0 spiro atoms. The SMILES string of the molecule is C#CCN=C(N)OC(=O)CC=CCN. The normalized spacial score (nSPS) is 11.3. The first-order valence-corrected chi connectivity index (χ1v) is 3.99. The number of aliphatic imine (C=N–C) groups is 1. The predicted octanol–water partition coefficient (Wildman–Crippen LogP) is -0.617. The van der Waals surface area contributed by atoms with Gasteiger partial charge in [-0.1, -0.05) is 18.1 Å². The lowest BCUT2D eigenvalue weighted by molar-refractivity contribution is -0.134. The van der Waals surface area contributed by atoms with Crippen molar-refractivity contribution in [2.75, 3.05) is 13.1 Å². The number of amidine groups is 1. The van der Waals surface area contributed by atoms with Crippen molar-refractivity contribution in [2.45, 2.75) is 6.42 Å². The summed E-state index contributed by atoms with van der Waals surface area (Å²) in [6.45, 7) is 0.478. The summed E-state index contributed by atoms with van der Waals surface area (Å²) in [4.78, 5) is 14.5. The summed E-state index contributed by atoms with van der Waals surface area (Å²) >= 11 is 0. The number of terminal acetylenes is 1. The molecule has 4 N–H and O–H groups in total. The maximum Gasteiger partial charge on any atom is 0.317 e. The van der Waals surface area contributed by atoms with E-state index in [1.165, 1.54) is 0 Å². The first-order chi connectivity index (χ1) is 6.70. The third-order valence-corrected chi connectivity index (χ3v) is 1.13. The number of hydrogen-bond donors (Lipinski definition) is 2. The Bertz CT molecular complexity index is 276. The smallest absolute Gasteiger partial charge is 0.317 e. The Morgan fingerprint density at radius 3 is 2.86 bits per heavy atom. The maximum atomic E-state index is 11.0. The molecule has 14 heavy (non-hydrogen) atoms. The summed E-state index contributed by atoms with van der Waals surface area (Å²) in [5.41, 5.74) is 10.4. The van der Waals surface area contributed by atoms with Crippen LogP contribution in [0.2, 0.25) is 0 Å². The van der Waals surface area contributed by atoms with Crippen LogP contribution in [-0.2, 0) is 9.53 Å². The lowest BCUT2D eigenvalue weighted by Gasteiger charge is -1.99. The van der Waals surface area contributed by atoms with Crippen LogP contribution in [0.4, 0.5) is 0 Å². The van der Waals surface area contributed by atoms with E-state index in [4.69, 9.17) is 17.9 Å². The highest BCUT2D eigenvalue weighted by Crippen LogP contribution is 1.88. The monoisotopic (exact) mass is 195 g/mol. The van der Waals surface area contributed by atoms with Crippen LogP contribution in [0, 0.1) is 12.3 Å². The molecule has 0 amide bonds. The van der Waals surface area contributed by atoms with E-state index < -0.39 is 5.97 Å². The Hall–Kier alpha value is -1.80. The number of nitrogens with two attached hydrogens (primary N) is 2. The average Bonchev–Trinajstić information content (AvgIpc) is 2.15. The number of ether oxygens (including phenoxy) is 1. The quantitative estimate of drug-likeness (QED) is 0.206. The van der Waals surface area contributed by atoms with Crippen molar-refractivity contribution < 1.29 is 9.53 Å². The molecule has 0 saturated heterocycles. The van der Waals surface area contributed by atoms with Gasteiger partial charge in [0.25, 0.3) is 6.02 Å². The summed E-state index contributed by atoms with van der Waals surface area (Å²) < 4.78 is 4.60. The summed E-state index contributed by atoms with van der Waals surface area (Å²) in [5.74, 6) is 1.74. The zero-order valence-electron chi connectivity index (χ0n) is 7.77. The standard InChI is InChI=1S/C9H13N3O2/c1-2-7-12-9(11)14-8(13)5-3-4-6-10/h1,3-4H,5-7,10H2,(H2,11,12). The Balaban J connectivity index is 3.83. The van der Waals surface area contributed by atoms with Gasteiger partial charge in [0, 0.05) is 6.54 Å². The number of hydrogen-bond acceptors (Lipinski definition) is 4. The molecule has 0 atom stereocenters.